The summed E-state index contributed by atoms with van der Waals surface area (Å²) in [4.78, 5) is 12.4. The monoisotopic (exact) mass is 310 g/mol. The normalized spacial score (nSPS) is 11.9. The lowest BCUT2D eigenvalue weighted by atomic mass is 10.1. The Hall–Kier alpha value is -1.60. The maximum absolute atomic E-state index is 12.4. The third-order valence-electron chi connectivity index (χ3n) is 2.65. The number of nitrogens with zero attached hydrogens (tertiary/aromatic N) is 2. The van der Waals surface area contributed by atoms with Crippen molar-refractivity contribution in [3.8, 4) is 11.5 Å². The number of ether oxygens (including phenoxy) is 2. The van der Waals surface area contributed by atoms with Gasteiger partial charge in [0, 0.05) is 5.56 Å². The van der Waals surface area contributed by atoms with Crippen molar-refractivity contribution < 1.29 is 14.3 Å². The van der Waals surface area contributed by atoms with Crippen LogP contribution in [0.25, 0.3) is 0 Å². The lowest BCUT2D eigenvalue weighted by molar-refractivity contribution is 0.0993. The first-order valence-electron chi connectivity index (χ1n) is 5.84. The number of benzene rings is 1. The predicted molar refractivity (Wildman–Crippen MR) is 79.1 cm³/mol. The Kier molecular flexibility index (Phi) is 4.97. The second-order valence-electron chi connectivity index (χ2n) is 3.90. The molecule has 106 valence electrons. The molecular weight excluding hydrogens is 296 g/mol. The zero-order chi connectivity index (χ0) is 14.5. The van der Waals surface area contributed by atoms with E-state index in [0.717, 1.165) is 4.34 Å². The molecule has 0 amide bonds. The summed E-state index contributed by atoms with van der Waals surface area (Å²) in [6, 6.07) is 5.16. The summed E-state index contributed by atoms with van der Waals surface area (Å²) < 4.78 is 11.2. The largest absolute Gasteiger partial charge is 0.493 e. The van der Waals surface area contributed by atoms with E-state index in [4.69, 9.17) is 9.47 Å². The van der Waals surface area contributed by atoms with Crippen LogP contribution in [0.1, 0.15) is 17.3 Å². The van der Waals surface area contributed by atoms with Crippen LogP contribution in [0.15, 0.2) is 28.0 Å². The van der Waals surface area contributed by atoms with Gasteiger partial charge in [-0.05, 0) is 25.1 Å². The number of hydrogen-bond acceptors (Lipinski definition) is 7. The molecule has 1 unspecified atom stereocenters. The van der Waals surface area contributed by atoms with Gasteiger partial charge in [0.05, 0.1) is 19.5 Å². The minimum atomic E-state index is -0.235. The standard InChI is InChI=1S/C13H14N2O3S2/c1-8(20-13-15-14-7-19-13)12(16)9-4-5-10(17-2)11(6-9)18-3/h4-8H,1-3H3. The molecular formula is C13H14N2O3S2. The molecule has 20 heavy (non-hydrogen) atoms. The maximum Gasteiger partial charge on any atom is 0.176 e. The molecule has 7 heteroatoms. The van der Waals surface area contributed by atoms with E-state index in [1.807, 2.05) is 6.92 Å². The fraction of sp³-hybridized carbons (Fsp3) is 0.308. The van der Waals surface area contributed by atoms with Crippen molar-refractivity contribution in [2.75, 3.05) is 14.2 Å². The predicted octanol–water partition coefficient (Wildman–Crippen LogP) is 2.92. The molecule has 0 spiro atoms. The first-order chi connectivity index (χ1) is 9.65. The van der Waals surface area contributed by atoms with Crippen molar-refractivity contribution in [3.63, 3.8) is 0 Å². The Balaban J connectivity index is 2.16. The smallest absolute Gasteiger partial charge is 0.176 e. The van der Waals surface area contributed by atoms with Crippen molar-refractivity contribution in [2.24, 2.45) is 0 Å². The molecule has 1 aromatic carbocycles. The molecule has 0 N–H and O–H groups in total. The van der Waals surface area contributed by atoms with E-state index in [2.05, 4.69) is 10.2 Å². The third-order valence-corrected chi connectivity index (χ3v) is 4.57. The fourth-order valence-electron chi connectivity index (χ4n) is 1.64. The van der Waals surface area contributed by atoms with Crippen LogP contribution in [-0.4, -0.2) is 35.5 Å². The molecule has 1 heterocycles. The lowest BCUT2D eigenvalue weighted by Gasteiger charge is -2.11. The van der Waals surface area contributed by atoms with E-state index in [0.29, 0.717) is 17.1 Å². The number of methoxy groups -OCH3 is 2. The van der Waals surface area contributed by atoms with E-state index in [-0.39, 0.29) is 11.0 Å². The summed E-state index contributed by atoms with van der Waals surface area (Å²) in [5.41, 5.74) is 2.24. The molecule has 0 radical (unpaired) electrons. The molecule has 0 saturated carbocycles. The highest BCUT2D eigenvalue weighted by Gasteiger charge is 2.19. The van der Waals surface area contributed by atoms with Gasteiger partial charge in [0.1, 0.15) is 5.51 Å². The van der Waals surface area contributed by atoms with Crippen LogP contribution in [0.5, 0.6) is 11.5 Å². The third kappa shape index (κ3) is 3.29. The van der Waals surface area contributed by atoms with Crippen LogP contribution < -0.4 is 9.47 Å². The summed E-state index contributed by atoms with van der Waals surface area (Å²) in [6.45, 7) is 1.85. The highest BCUT2D eigenvalue weighted by atomic mass is 32.2. The highest BCUT2D eigenvalue weighted by Crippen LogP contribution is 2.31. The molecule has 2 aromatic rings. The number of thioether (sulfide) groups is 1. The van der Waals surface area contributed by atoms with Gasteiger partial charge in [-0.1, -0.05) is 23.1 Å². The Morgan fingerprint density at radius 2 is 2.05 bits per heavy atom. The first kappa shape index (κ1) is 14.8. The number of Topliss-reactive ketones (excluding diaryl/α,β-unsaturated/α-hetero) is 1. The zero-order valence-corrected chi connectivity index (χ0v) is 13.0. The van der Waals surface area contributed by atoms with E-state index in [9.17, 15) is 4.79 Å². The molecule has 0 fully saturated rings. The Labute approximate surface area is 125 Å². The summed E-state index contributed by atoms with van der Waals surface area (Å²) in [6.07, 6.45) is 0. The van der Waals surface area contributed by atoms with Gasteiger partial charge >= 0.3 is 0 Å². The molecule has 0 aliphatic rings. The molecule has 0 aliphatic carbocycles. The summed E-state index contributed by atoms with van der Waals surface area (Å²) in [5.74, 6) is 1.17. The van der Waals surface area contributed by atoms with Crippen LogP contribution in [0, 0.1) is 0 Å². The highest BCUT2D eigenvalue weighted by molar-refractivity contribution is 8.02. The fourth-order valence-corrected chi connectivity index (χ4v) is 3.35. The first-order valence-corrected chi connectivity index (χ1v) is 7.60. The minimum Gasteiger partial charge on any atom is -0.493 e. The van der Waals surface area contributed by atoms with E-state index in [1.165, 1.54) is 23.1 Å². The number of carbonyl (C=O) groups is 1. The van der Waals surface area contributed by atoms with Gasteiger partial charge in [-0.2, -0.15) is 0 Å². The number of rotatable bonds is 6. The molecule has 0 aliphatic heterocycles. The topological polar surface area (TPSA) is 61.3 Å². The molecule has 1 aromatic heterocycles. The van der Waals surface area contributed by atoms with Crippen molar-refractivity contribution >= 4 is 28.9 Å². The van der Waals surface area contributed by atoms with Crippen molar-refractivity contribution in [1.29, 1.82) is 0 Å². The number of aromatic nitrogens is 2. The Morgan fingerprint density at radius 1 is 1.30 bits per heavy atom. The van der Waals surface area contributed by atoms with Crippen LogP contribution in [-0.2, 0) is 0 Å². The number of carbonyl (C=O) groups excluding carboxylic acids is 1. The van der Waals surface area contributed by atoms with Crippen LogP contribution in [0.4, 0.5) is 0 Å². The summed E-state index contributed by atoms with van der Waals surface area (Å²) in [5, 5.41) is 7.45. The van der Waals surface area contributed by atoms with Crippen LogP contribution in [0.3, 0.4) is 0 Å². The summed E-state index contributed by atoms with van der Waals surface area (Å²) in [7, 11) is 3.11. The zero-order valence-electron chi connectivity index (χ0n) is 11.3. The van der Waals surface area contributed by atoms with Crippen molar-refractivity contribution in [2.45, 2.75) is 16.5 Å². The van der Waals surface area contributed by atoms with E-state index < -0.39 is 0 Å². The maximum atomic E-state index is 12.4. The van der Waals surface area contributed by atoms with Crippen LogP contribution >= 0.6 is 23.1 Å². The summed E-state index contributed by atoms with van der Waals surface area (Å²) >= 11 is 2.82. The van der Waals surface area contributed by atoms with Crippen LogP contribution in [0.2, 0.25) is 0 Å². The SMILES string of the molecule is COc1ccc(C(=O)C(C)Sc2nncs2)cc1OC. The second-order valence-corrected chi connectivity index (χ2v) is 6.32. The number of ketones is 1. The van der Waals surface area contributed by atoms with E-state index >= 15 is 0 Å². The molecule has 5 nitrogen and oxygen atoms in total. The van der Waals surface area contributed by atoms with Gasteiger partial charge in [0.25, 0.3) is 0 Å². The van der Waals surface area contributed by atoms with Crippen molar-refractivity contribution in [3.05, 3.63) is 29.3 Å². The van der Waals surface area contributed by atoms with E-state index in [1.54, 1.807) is 37.9 Å². The van der Waals surface area contributed by atoms with Gasteiger partial charge in [-0.3, -0.25) is 4.79 Å². The van der Waals surface area contributed by atoms with Gasteiger partial charge in [-0.15, -0.1) is 10.2 Å². The average Bonchev–Trinajstić information content (AvgIpc) is 2.98. The average molecular weight is 310 g/mol. The number of hydrogen-bond donors (Lipinski definition) is 0. The Morgan fingerprint density at radius 3 is 2.65 bits per heavy atom. The van der Waals surface area contributed by atoms with Gasteiger partial charge in [0.15, 0.2) is 21.6 Å². The Bertz CT molecular complexity index is 587. The van der Waals surface area contributed by atoms with Gasteiger partial charge in [0.2, 0.25) is 0 Å². The lowest BCUT2D eigenvalue weighted by Crippen LogP contribution is -2.13. The van der Waals surface area contributed by atoms with Crippen molar-refractivity contribution in [1.82, 2.24) is 10.2 Å². The molecule has 1 atom stereocenters. The second kappa shape index (κ2) is 6.71. The molecule has 0 bridgehead atoms. The molecule has 0 saturated heterocycles. The van der Waals surface area contributed by atoms with Gasteiger partial charge in [-0.25, -0.2) is 0 Å². The molecule has 2 rings (SSSR count). The van der Waals surface area contributed by atoms with Gasteiger partial charge < -0.3 is 9.47 Å². The quantitative estimate of drug-likeness (QED) is 0.604. The minimum absolute atomic E-state index is 0.0196.